The van der Waals surface area contributed by atoms with Crippen LogP contribution in [0.2, 0.25) is 0 Å². The molecule has 0 fully saturated rings. The molecule has 6 heteroatoms. The lowest BCUT2D eigenvalue weighted by Gasteiger charge is -2.23. The average Bonchev–Trinajstić information content (AvgIpc) is 2.24. The van der Waals surface area contributed by atoms with Gasteiger partial charge in [0.2, 0.25) is 10.0 Å². The van der Waals surface area contributed by atoms with Gasteiger partial charge in [-0.25, -0.2) is 12.7 Å². The monoisotopic (exact) mass is 279 g/mol. The lowest BCUT2D eigenvalue weighted by molar-refractivity contribution is 0.368. The molecule has 0 rings (SSSR count). The molecule has 0 aliphatic carbocycles. The van der Waals surface area contributed by atoms with Gasteiger partial charge >= 0.3 is 0 Å². The van der Waals surface area contributed by atoms with Crippen molar-refractivity contribution in [2.45, 2.75) is 38.5 Å². The van der Waals surface area contributed by atoms with E-state index in [2.05, 4.69) is 10.2 Å². The molecule has 1 N–H and O–H groups in total. The number of nitrogens with zero attached hydrogens (tertiary/aromatic N) is 2. The molecule has 1 unspecified atom stereocenters. The van der Waals surface area contributed by atoms with E-state index in [0.29, 0.717) is 19.1 Å². The second kappa shape index (κ2) is 8.09. The fourth-order valence-corrected chi connectivity index (χ4v) is 2.86. The maximum atomic E-state index is 12.2. The van der Waals surface area contributed by atoms with Crippen molar-refractivity contribution in [1.82, 2.24) is 14.5 Å². The molecule has 0 aromatic rings. The summed E-state index contributed by atoms with van der Waals surface area (Å²) < 4.78 is 25.9. The molecule has 0 aliphatic heterocycles. The van der Waals surface area contributed by atoms with Crippen LogP contribution in [0.1, 0.15) is 27.2 Å². The van der Waals surface area contributed by atoms with Crippen molar-refractivity contribution in [3.8, 4) is 0 Å². The zero-order valence-corrected chi connectivity index (χ0v) is 13.4. The van der Waals surface area contributed by atoms with Crippen LogP contribution in [0, 0.1) is 0 Å². The first-order chi connectivity index (χ1) is 8.17. The Morgan fingerprint density at radius 3 is 2.06 bits per heavy atom. The summed E-state index contributed by atoms with van der Waals surface area (Å²) in [6.45, 7) is 7.76. The minimum absolute atomic E-state index is 0.307. The lowest BCUT2D eigenvalue weighted by atomic mass is 10.3. The molecule has 1 atom stereocenters. The van der Waals surface area contributed by atoms with E-state index in [-0.39, 0.29) is 5.25 Å². The minimum Gasteiger partial charge on any atom is -0.313 e. The third-order valence-electron chi connectivity index (χ3n) is 2.83. The van der Waals surface area contributed by atoms with Gasteiger partial charge in [-0.3, -0.25) is 0 Å². The largest absolute Gasteiger partial charge is 0.313 e. The normalized spacial score (nSPS) is 14.7. The highest BCUT2D eigenvalue weighted by Crippen LogP contribution is 2.07. The summed E-state index contributed by atoms with van der Waals surface area (Å²) in [5, 5.41) is 2.78. The van der Waals surface area contributed by atoms with Crippen LogP contribution in [0.25, 0.3) is 0 Å². The van der Waals surface area contributed by atoms with Gasteiger partial charge in [0.25, 0.3) is 0 Å². The summed E-state index contributed by atoms with van der Waals surface area (Å²) in [4.78, 5) is 2.06. The molecule has 0 aliphatic rings. The minimum atomic E-state index is -3.18. The van der Waals surface area contributed by atoms with Crippen molar-refractivity contribution >= 4 is 10.0 Å². The number of nitrogens with one attached hydrogen (secondary N) is 1. The maximum Gasteiger partial charge on any atom is 0.217 e. The standard InChI is InChI=1S/C12H29N3O2S/c1-11(2)13-10-12(3)18(16,17)15(6)9-7-8-14(4)5/h11-13H,7-10H2,1-6H3. The number of hydrogen-bond acceptors (Lipinski definition) is 4. The SMILES string of the molecule is CC(C)NCC(C)S(=O)(=O)N(C)CCCN(C)C. The van der Waals surface area contributed by atoms with Crippen molar-refractivity contribution < 1.29 is 8.42 Å². The Morgan fingerprint density at radius 2 is 1.61 bits per heavy atom. The summed E-state index contributed by atoms with van der Waals surface area (Å²) in [5.74, 6) is 0. The summed E-state index contributed by atoms with van der Waals surface area (Å²) in [7, 11) is 2.46. The third kappa shape index (κ3) is 6.68. The Morgan fingerprint density at radius 1 is 1.06 bits per heavy atom. The van der Waals surface area contributed by atoms with Crippen LogP contribution in [0.4, 0.5) is 0 Å². The van der Waals surface area contributed by atoms with Crippen molar-refractivity contribution in [3.63, 3.8) is 0 Å². The molecule has 0 saturated carbocycles. The molecule has 0 bridgehead atoms. The van der Waals surface area contributed by atoms with Crippen LogP contribution < -0.4 is 5.32 Å². The number of sulfonamides is 1. The summed E-state index contributed by atoms with van der Waals surface area (Å²) in [6.07, 6.45) is 0.854. The second-order valence-electron chi connectivity index (χ2n) is 5.40. The van der Waals surface area contributed by atoms with E-state index in [0.717, 1.165) is 13.0 Å². The number of rotatable bonds is 9. The predicted molar refractivity (Wildman–Crippen MR) is 77.3 cm³/mol. The Balaban J connectivity index is 4.25. The van der Waals surface area contributed by atoms with Gasteiger partial charge in [-0.2, -0.15) is 0 Å². The molecule has 0 saturated heterocycles. The first kappa shape index (κ1) is 17.8. The fourth-order valence-electron chi connectivity index (χ4n) is 1.55. The highest BCUT2D eigenvalue weighted by atomic mass is 32.2. The van der Waals surface area contributed by atoms with E-state index >= 15 is 0 Å². The van der Waals surface area contributed by atoms with Gasteiger partial charge in [0.15, 0.2) is 0 Å². The van der Waals surface area contributed by atoms with Crippen LogP contribution in [0.5, 0.6) is 0 Å². The lowest BCUT2D eigenvalue weighted by Crippen LogP contribution is -2.42. The Kier molecular flexibility index (Phi) is 8.02. The van der Waals surface area contributed by atoms with Crippen LogP contribution >= 0.6 is 0 Å². The van der Waals surface area contributed by atoms with Gasteiger partial charge in [-0.1, -0.05) is 13.8 Å². The highest BCUT2D eigenvalue weighted by Gasteiger charge is 2.25. The molecule has 0 aromatic carbocycles. The Labute approximate surface area is 113 Å². The average molecular weight is 279 g/mol. The Hall–Kier alpha value is -0.170. The molecule has 0 heterocycles. The summed E-state index contributed by atoms with van der Waals surface area (Å²) in [6, 6.07) is 0.307. The van der Waals surface area contributed by atoms with E-state index < -0.39 is 10.0 Å². The van der Waals surface area contributed by atoms with Gasteiger partial charge in [-0.05, 0) is 34.0 Å². The molecule has 110 valence electrons. The van der Waals surface area contributed by atoms with Gasteiger partial charge in [0, 0.05) is 26.2 Å². The molecule has 0 amide bonds. The molecule has 5 nitrogen and oxygen atoms in total. The predicted octanol–water partition coefficient (Wildman–Crippen LogP) is 0.586. The van der Waals surface area contributed by atoms with E-state index in [9.17, 15) is 8.42 Å². The van der Waals surface area contributed by atoms with Crippen molar-refractivity contribution in [2.75, 3.05) is 40.8 Å². The van der Waals surface area contributed by atoms with E-state index in [1.807, 2.05) is 27.9 Å². The molecule has 0 aromatic heterocycles. The highest BCUT2D eigenvalue weighted by molar-refractivity contribution is 7.89. The van der Waals surface area contributed by atoms with Crippen LogP contribution in [-0.4, -0.2) is 69.7 Å². The van der Waals surface area contributed by atoms with Gasteiger partial charge < -0.3 is 10.2 Å². The van der Waals surface area contributed by atoms with Gasteiger partial charge in [0.05, 0.1) is 5.25 Å². The van der Waals surface area contributed by atoms with E-state index in [1.165, 1.54) is 4.31 Å². The molecule has 18 heavy (non-hydrogen) atoms. The Bertz CT molecular complexity index is 315. The maximum absolute atomic E-state index is 12.2. The topological polar surface area (TPSA) is 52.7 Å². The smallest absolute Gasteiger partial charge is 0.217 e. The van der Waals surface area contributed by atoms with Gasteiger partial charge in [0.1, 0.15) is 0 Å². The van der Waals surface area contributed by atoms with Crippen LogP contribution in [-0.2, 0) is 10.0 Å². The summed E-state index contributed by atoms with van der Waals surface area (Å²) in [5.41, 5.74) is 0. The molecular weight excluding hydrogens is 250 g/mol. The van der Waals surface area contributed by atoms with Crippen molar-refractivity contribution in [3.05, 3.63) is 0 Å². The first-order valence-electron chi connectivity index (χ1n) is 6.51. The quantitative estimate of drug-likeness (QED) is 0.671. The zero-order valence-electron chi connectivity index (χ0n) is 12.6. The second-order valence-corrected chi connectivity index (χ2v) is 7.85. The molecule has 0 radical (unpaired) electrons. The van der Waals surface area contributed by atoms with Crippen LogP contribution in [0.3, 0.4) is 0 Å². The third-order valence-corrected chi connectivity index (χ3v) is 5.07. The van der Waals surface area contributed by atoms with Crippen LogP contribution in [0.15, 0.2) is 0 Å². The molecule has 0 spiro atoms. The summed E-state index contributed by atoms with van der Waals surface area (Å²) >= 11 is 0. The molecular formula is C12H29N3O2S. The van der Waals surface area contributed by atoms with E-state index in [4.69, 9.17) is 0 Å². The van der Waals surface area contributed by atoms with Crippen molar-refractivity contribution in [2.24, 2.45) is 0 Å². The van der Waals surface area contributed by atoms with Gasteiger partial charge in [-0.15, -0.1) is 0 Å². The fraction of sp³-hybridized carbons (Fsp3) is 1.00. The first-order valence-corrected chi connectivity index (χ1v) is 8.01. The van der Waals surface area contributed by atoms with E-state index in [1.54, 1.807) is 14.0 Å². The van der Waals surface area contributed by atoms with Crippen molar-refractivity contribution in [1.29, 1.82) is 0 Å². The number of hydrogen-bond donors (Lipinski definition) is 1. The zero-order chi connectivity index (χ0) is 14.3.